The van der Waals surface area contributed by atoms with Crippen molar-refractivity contribution < 1.29 is 0 Å². The molecule has 74 valence electrons. The molecule has 1 atom stereocenters. The number of aromatic nitrogens is 1. The van der Waals surface area contributed by atoms with Gasteiger partial charge in [-0.05, 0) is 5.41 Å². The molecule has 0 bridgehead atoms. The van der Waals surface area contributed by atoms with Gasteiger partial charge in [0.25, 0.3) is 0 Å². The number of thiazole rings is 1. The van der Waals surface area contributed by atoms with E-state index in [4.69, 9.17) is 5.84 Å². The van der Waals surface area contributed by atoms with Crippen LogP contribution in [0.5, 0.6) is 0 Å². The van der Waals surface area contributed by atoms with Crippen LogP contribution in [-0.2, 0) is 6.42 Å². The molecule has 0 aliphatic carbocycles. The van der Waals surface area contributed by atoms with Crippen molar-refractivity contribution in [1.82, 2.24) is 10.4 Å². The summed E-state index contributed by atoms with van der Waals surface area (Å²) in [7, 11) is 0. The Hall–Kier alpha value is -0.450. The molecular weight excluding hydrogens is 182 g/mol. The smallest absolute Gasteiger partial charge is 0.0941 e. The van der Waals surface area contributed by atoms with Crippen molar-refractivity contribution in [1.29, 1.82) is 0 Å². The number of nitrogens with one attached hydrogen (secondary N) is 1. The lowest BCUT2D eigenvalue weighted by molar-refractivity contribution is 0.268. The number of nitrogens with two attached hydrogens (primary N) is 1. The van der Waals surface area contributed by atoms with E-state index in [0.717, 1.165) is 11.4 Å². The molecule has 1 aromatic heterocycles. The van der Waals surface area contributed by atoms with Crippen molar-refractivity contribution in [3.63, 3.8) is 0 Å². The second kappa shape index (κ2) is 4.17. The van der Waals surface area contributed by atoms with E-state index >= 15 is 0 Å². The van der Waals surface area contributed by atoms with Crippen molar-refractivity contribution in [3.05, 3.63) is 16.6 Å². The Morgan fingerprint density at radius 1 is 1.62 bits per heavy atom. The molecule has 4 heteroatoms. The molecule has 3 N–H and O–H groups in total. The number of hydrogen-bond acceptors (Lipinski definition) is 4. The summed E-state index contributed by atoms with van der Waals surface area (Å²) in [5.74, 6) is 5.50. The molecule has 0 saturated carbocycles. The van der Waals surface area contributed by atoms with Gasteiger partial charge in [0.1, 0.15) is 0 Å². The monoisotopic (exact) mass is 199 g/mol. The molecule has 0 spiro atoms. The standard InChI is InChI=1S/C9H17N3S/c1-9(2,3)7(12-10)6-8-11-4-5-13-8/h4-5,7,12H,6,10H2,1-3H3. The van der Waals surface area contributed by atoms with Crippen LogP contribution in [0, 0.1) is 5.41 Å². The maximum Gasteiger partial charge on any atom is 0.0941 e. The molecule has 0 fully saturated rings. The van der Waals surface area contributed by atoms with Crippen LogP contribution < -0.4 is 11.3 Å². The molecule has 0 aliphatic heterocycles. The Balaban J connectivity index is 2.60. The third-order valence-electron chi connectivity index (χ3n) is 2.11. The van der Waals surface area contributed by atoms with Crippen LogP contribution in [0.3, 0.4) is 0 Å². The first-order valence-electron chi connectivity index (χ1n) is 4.38. The van der Waals surface area contributed by atoms with Crippen molar-refractivity contribution in [2.24, 2.45) is 11.3 Å². The lowest BCUT2D eigenvalue weighted by Crippen LogP contribution is -2.45. The van der Waals surface area contributed by atoms with Crippen LogP contribution in [-0.4, -0.2) is 11.0 Å². The van der Waals surface area contributed by atoms with Crippen LogP contribution in [0.15, 0.2) is 11.6 Å². The highest BCUT2D eigenvalue weighted by Crippen LogP contribution is 2.22. The fraction of sp³-hybridized carbons (Fsp3) is 0.667. The minimum Gasteiger partial charge on any atom is -0.271 e. The molecule has 0 aromatic carbocycles. The average molecular weight is 199 g/mol. The normalized spacial score (nSPS) is 14.5. The van der Waals surface area contributed by atoms with Crippen LogP contribution >= 0.6 is 11.3 Å². The summed E-state index contributed by atoms with van der Waals surface area (Å²) in [4.78, 5) is 4.24. The highest BCUT2D eigenvalue weighted by Gasteiger charge is 2.24. The molecule has 1 heterocycles. The Kier molecular flexibility index (Phi) is 3.41. The highest BCUT2D eigenvalue weighted by molar-refractivity contribution is 7.09. The van der Waals surface area contributed by atoms with Crippen molar-refractivity contribution in [3.8, 4) is 0 Å². The lowest BCUT2D eigenvalue weighted by Gasteiger charge is -2.29. The van der Waals surface area contributed by atoms with E-state index in [-0.39, 0.29) is 11.5 Å². The molecule has 13 heavy (non-hydrogen) atoms. The first-order chi connectivity index (χ1) is 6.04. The van der Waals surface area contributed by atoms with Gasteiger partial charge in [-0.1, -0.05) is 20.8 Å². The topological polar surface area (TPSA) is 50.9 Å². The minimum atomic E-state index is 0.167. The third-order valence-corrected chi connectivity index (χ3v) is 2.91. The van der Waals surface area contributed by atoms with Crippen LogP contribution in [0.4, 0.5) is 0 Å². The van der Waals surface area contributed by atoms with Gasteiger partial charge in [0, 0.05) is 24.0 Å². The van der Waals surface area contributed by atoms with Gasteiger partial charge >= 0.3 is 0 Å². The summed E-state index contributed by atoms with van der Waals surface area (Å²) in [6.45, 7) is 6.52. The Bertz CT molecular complexity index is 238. The predicted molar refractivity (Wildman–Crippen MR) is 56.4 cm³/mol. The molecule has 1 aromatic rings. The van der Waals surface area contributed by atoms with Crippen LogP contribution in [0.2, 0.25) is 0 Å². The second-order valence-corrected chi connectivity index (χ2v) is 5.19. The summed E-state index contributed by atoms with van der Waals surface area (Å²) in [5, 5.41) is 3.13. The summed E-state index contributed by atoms with van der Waals surface area (Å²) < 4.78 is 0. The predicted octanol–water partition coefficient (Wildman–Crippen LogP) is 1.56. The summed E-state index contributed by atoms with van der Waals surface area (Å²) in [5.41, 5.74) is 3.01. The fourth-order valence-corrected chi connectivity index (χ4v) is 1.81. The number of hydrogen-bond donors (Lipinski definition) is 2. The maximum atomic E-state index is 5.50. The van der Waals surface area contributed by atoms with Crippen molar-refractivity contribution in [2.45, 2.75) is 33.2 Å². The van der Waals surface area contributed by atoms with Crippen molar-refractivity contribution >= 4 is 11.3 Å². The maximum absolute atomic E-state index is 5.50. The molecule has 0 aliphatic rings. The van der Waals surface area contributed by atoms with E-state index in [0.29, 0.717) is 0 Å². The lowest BCUT2D eigenvalue weighted by atomic mass is 9.85. The summed E-state index contributed by atoms with van der Waals surface area (Å²) in [6.07, 6.45) is 2.73. The summed E-state index contributed by atoms with van der Waals surface area (Å²) in [6, 6.07) is 0.277. The minimum absolute atomic E-state index is 0.167. The Morgan fingerprint density at radius 3 is 2.69 bits per heavy atom. The molecule has 1 rings (SSSR count). The second-order valence-electron chi connectivity index (χ2n) is 4.22. The SMILES string of the molecule is CC(C)(C)C(Cc1nccs1)NN. The van der Waals surface area contributed by atoms with Gasteiger partial charge in [0.05, 0.1) is 5.01 Å². The molecule has 3 nitrogen and oxygen atoms in total. The van der Waals surface area contributed by atoms with Gasteiger partial charge in [-0.25, -0.2) is 4.98 Å². The average Bonchev–Trinajstić information content (AvgIpc) is 2.49. The van der Waals surface area contributed by atoms with Gasteiger partial charge in [-0.2, -0.15) is 0 Å². The van der Waals surface area contributed by atoms with E-state index in [1.165, 1.54) is 0 Å². The van der Waals surface area contributed by atoms with E-state index in [1.54, 1.807) is 11.3 Å². The van der Waals surface area contributed by atoms with Crippen LogP contribution in [0.1, 0.15) is 25.8 Å². The highest BCUT2D eigenvalue weighted by atomic mass is 32.1. The fourth-order valence-electron chi connectivity index (χ4n) is 1.14. The van der Waals surface area contributed by atoms with Gasteiger partial charge in [0.15, 0.2) is 0 Å². The molecule has 0 radical (unpaired) electrons. The van der Waals surface area contributed by atoms with Gasteiger partial charge in [0.2, 0.25) is 0 Å². The zero-order chi connectivity index (χ0) is 9.90. The first-order valence-corrected chi connectivity index (χ1v) is 5.26. The van der Waals surface area contributed by atoms with E-state index in [2.05, 4.69) is 31.2 Å². The number of rotatable bonds is 3. The molecule has 1 unspecified atom stereocenters. The van der Waals surface area contributed by atoms with E-state index in [9.17, 15) is 0 Å². The van der Waals surface area contributed by atoms with Crippen molar-refractivity contribution in [2.75, 3.05) is 0 Å². The molecule has 0 amide bonds. The first kappa shape index (κ1) is 10.6. The molecule has 0 saturated heterocycles. The molecular formula is C9H17N3S. The number of hydrazine groups is 1. The summed E-state index contributed by atoms with van der Waals surface area (Å²) >= 11 is 1.68. The van der Waals surface area contributed by atoms with E-state index in [1.807, 2.05) is 11.6 Å². The van der Waals surface area contributed by atoms with Crippen LogP contribution in [0.25, 0.3) is 0 Å². The third kappa shape index (κ3) is 3.06. The number of nitrogens with zero attached hydrogens (tertiary/aromatic N) is 1. The zero-order valence-electron chi connectivity index (χ0n) is 8.37. The van der Waals surface area contributed by atoms with Gasteiger partial charge in [-0.3, -0.25) is 11.3 Å². The van der Waals surface area contributed by atoms with E-state index < -0.39 is 0 Å². The van der Waals surface area contributed by atoms with Gasteiger partial charge < -0.3 is 0 Å². The van der Waals surface area contributed by atoms with Gasteiger partial charge in [-0.15, -0.1) is 11.3 Å². The Labute approximate surface area is 83.3 Å². The Morgan fingerprint density at radius 2 is 2.31 bits per heavy atom. The largest absolute Gasteiger partial charge is 0.271 e. The quantitative estimate of drug-likeness (QED) is 0.574. The zero-order valence-corrected chi connectivity index (χ0v) is 9.19.